The monoisotopic (exact) mass is 270 g/mol. The van der Waals surface area contributed by atoms with E-state index in [1.165, 1.54) is 26.4 Å². The average molecular weight is 270 g/mol. The Morgan fingerprint density at radius 1 is 1.37 bits per heavy atom. The molecule has 0 aromatic heterocycles. The number of methoxy groups -OCH3 is 1. The van der Waals surface area contributed by atoms with Crippen molar-refractivity contribution in [2.24, 2.45) is 5.92 Å². The van der Waals surface area contributed by atoms with E-state index in [1.807, 2.05) is 18.9 Å². The molecule has 3 atom stereocenters. The summed E-state index contributed by atoms with van der Waals surface area (Å²) in [6.07, 6.45) is 4.66. The molecule has 0 saturated heterocycles. The summed E-state index contributed by atoms with van der Waals surface area (Å²) in [6.45, 7) is 4.08. The van der Waals surface area contributed by atoms with Gasteiger partial charge in [0.1, 0.15) is 6.04 Å². The molecule has 5 heteroatoms. The maximum atomic E-state index is 12.4. The van der Waals surface area contributed by atoms with Gasteiger partial charge in [0.2, 0.25) is 5.91 Å². The molecule has 1 aliphatic rings. The fourth-order valence-electron chi connectivity index (χ4n) is 2.82. The molecule has 0 spiro atoms. The third-order valence-corrected chi connectivity index (χ3v) is 4.10. The maximum absolute atomic E-state index is 12.4. The Morgan fingerprint density at radius 3 is 2.53 bits per heavy atom. The molecule has 0 aromatic carbocycles. The summed E-state index contributed by atoms with van der Waals surface area (Å²) < 4.78 is 4.56. The summed E-state index contributed by atoms with van der Waals surface area (Å²) >= 11 is 0. The van der Waals surface area contributed by atoms with E-state index in [4.69, 9.17) is 0 Å². The van der Waals surface area contributed by atoms with Crippen molar-refractivity contribution in [3.05, 3.63) is 0 Å². The Morgan fingerprint density at radius 2 is 2.00 bits per heavy atom. The molecular formula is C14H26N2O3. The first-order valence-corrected chi connectivity index (χ1v) is 7.12. The zero-order valence-corrected chi connectivity index (χ0v) is 12.4. The minimum Gasteiger partial charge on any atom is -0.453 e. The maximum Gasteiger partial charge on any atom is 0.407 e. The molecule has 0 aliphatic heterocycles. The van der Waals surface area contributed by atoms with Crippen LogP contribution in [-0.4, -0.2) is 43.1 Å². The number of amides is 2. The van der Waals surface area contributed by atoms with Gasteiger partial charge in [-0.15, -0.1) is 0 Å². The fraction of sp³-hybridized carbons (Fsp3) is 0.857. The molecule has 0 heterocycles. The number of hydrogen-bond acceptors (Lipinski definition) is 3. The van der Waals surface area contributed by atoms with E-state index in [0.717, 1.165) is 6.42 Å². The molecule has 2 amide bonds. The third kappa shape index (κ3) is 4.11. The number of carbonyl (C=O) groups is 2. The van der Waals surface area contributed by atoms with Crippen LogP contribution >= 0.6 is 0 Å². The summed E-state index contributed by atoms with van der Waals surface area (Å²) in [7, 11) is 3.15. The summed E-state index contributed by atoms with van der Waals surface area (Å²) in [4.78, 5) is 25.5. The Kier molecular flexibility index (Phi) is 6.12. The van der Waals surface area contributed by atoms with Crippen LogP contribution in [0.15, 0.2) is 0 Å². The highest BCUT2D eigenvalue weighted by atomic mass is 16.5. The molecule has 3 unspecified atom stereocenters. The first kappa shape index (κ1) is 15.8. The quantitative estimate of drug-likeness (QED) is 0.851. The number of ether oxygens (including phenoxy) is 1. The van der Waals surface area contributed by atoms with E-state index in [2.05, 4.69) is 17.0 Å². The predicted molar refractivity (Wildman–Crippen MR) is 73.8 cm³/mol. The van der Waals surface area contributed by atoms with Gasteiger partial charge in [0.05, 0.1) is 7.11 Å². The van der Waals surface area contributed by atoms with Crippen LogP contribution in [0.25, 0.3) is 0 Å². The second kappa shape index (κ2) is 7.36. The molecule has 0 bridgehead atoms. The van der Waals surface area contributed by atoms with E-state index in [1.54, 1.807) is 0 Å². The summed E-state index contributed by atoms with van der Waals surface area (Å²) in [5, 5.41) is 2.60. The van der Waals surface area contributed by atoms with E-state index in [9.17, 15) is 9.59 Å². The third-order valence-electron chi connectivity index (χ3n) is 4.10. The van der Waals surface area contributed by atoms with Gasteiger partial charge in [0, 0.05) is 13.1 Å². The van der Waals surface area contributed by atoms with Gasteiger partial charge in [-0.25, -0.2) is 4.79 Å². The van der Waals surface area contributed by atoms with Crippen molar-refractivity contribution in [2.45, 2.75) is 58.0 Å². The number of nitrogens with zero attached hydrogens (tertiary/aromatic N) is 1. The molecule has 1 fully saturated rings. The van der Waals surface area contributed by atoms with E-state index in [0.29, 0.717) is 12.3 Å². The molecule has 1 N–H and O–H groups in total. The Labute approximate surface area is 115 Å². The van der Waals surface area contributed by atoms with Gasteiger partial charge in [-0.2, -0.15) is 0 Å². The lowest BCUT2D eigenvalue weighted by atomic mass is 9.85. The predicted octanol–water partition coefficient (Wildman–Crippen LogP) is 2.16. The van der Waals surface area contributed by atoms with Gasteiger partial charge in [-0.1, -0.05) is 26.7 Å². The highest BCUT2D eigenvalue weighted by molar-refractivity contribution is 5.85. The lowest BCUT2D eigenvalue weighted by molar-refractivity contribution is -0.135. The smallest absolute Gasteiger partial charge is 0.407 e. The lowest BCUT2D eigenvalue weighted by Gasteiger charge is -2.37. The van der Waals surface area contributed by atoms with Crippen molar-refractivity contribution >= 4 is 12.0 Å². The first-order chi connectivity index (χ1) is 9.01. The van der Waals surface area contributed by atoms with Gasteiger partial charge < -0.3 is 15.0 Å². The fourth-order valence-corrected chi connectivity index (χ4v) is 2.82. The zero-order chi connectivity index (χ0) is 14.4. The second-order valence-electron chi connectivity index (χ2n) is 5.37. The minimum absolute atomic E-state index is 0.0216. The van der Waals surface area contributed by atoms with Crippen molar-refractivity contribution in [1.82, 2.24) is 10.2 Å². The van der Waals surface area contributed by atoms with Crippen molar-refractivity contribution in [1.29, 1.82) is 0 Å². The standard InChI is InChI=1S/C14H26N2O3/c1-5-11(15-14(18)19-4)13(17)16(3)12-9-7-6-8-10(12)2/h10-12H,5-9H2,1-4H3,(H,15,18). The highest BCUT2D eigenvalue weighted by Crippen LogP contribution is 2.27. The molecule has 5 nitrogen and oxygen atoms in total. The summed E-state index contributed by atoms with van der Waals surface area (Å²) in [5.41, 5.74) is 0. The SMILES string of the molecule is CCC(NC(=O)OC)C(=O)N(C)C1CCCCC1C. The minimum atomic E-state index is -0.551. The topological polar surface area (TPSA) is 58.6 Å². The molecule has 1 rings (SSSR count). The molecule has 110 valence electrons. The molecule has 19 heavy (non-hydrogen) atoms. The van der Waals surface area contributed by atoms with Gasteiger partial charge in [-0.05, 0) is 25.2 Å². The van der Waals surface area contributed by atoms with Crippen molar-refractivity contribution in [3.63, 3.8) is 0 Å². The Balaban J connectivity index is 2.64. The van der Waals surface area contributed by atoms with Crippen LogP contribution < -0.4 is 5.32 Å². The number of alkyl carbamates (subject to hydrolysis) is 1. The van der Waals surface area contributed by atoms with Crippen molar-refractivity contribution < 1.29 is 14.3 Å². The zero-order valence-electron chi connectivity index (χ0n) is 12.4. The van der Waals surface area contributed by atoms with E-state index < -0.39 is 12.1 Å². The average Bonchev–Trinajstić information content (AvgIpc) is 2.43. The molecule has 1 aliphatic carbocycles. The van der Waals surface area contributed by atoms with Crippen molar-refractivity contribution in [3.8, 4) is 0 Å². The van der Waals surface area contributed by atoms with Gasteiger partial charge in [-0.3, -0.25) is 4.79 Å². The summed E-state index contributed by atoms with van der Waals surface area (Å²) in [6, 6.07) is -0.207. The van der Waals surface area contributed by atoms with Crippen LogP contribution in [0.2, 0.25) is 0 Å². The normalized spacial score (nSPS) is 24.4. The number of carbonyl (C=O) groups excluding carboxylic acids is 2. The van der Waals surface area contributed by atoms with E-state index in [-0.39, 0.29) is 11.9 Å². The van der Waals surface area contributed by atoms with Crippen LogP contribution in [0.3, 0.4) is 0 Å². The number of likely N-dealkylation sites (N-methyl/N-ethyl adjacent to an activating group) is 1. The van der Waals surface area contributed by atoms with Crippen LogP contribution in [0, 0.1) is 5.92 Å². The molecule has 0 aromatic rings. The van der Waals surface area contributed by atoms with Crippen LogP contribution in [-0.2, 0) is 9.53 Å². The van der Waals surface area contributed by atoms with Gasteiger partial charge in [0.25, 0.3) is 0 Å². The van der Waals surface area contributed by atoms with Crippen LogP contribution in [0.5, 0.6) is 0 Å². The highest BCUT2D eigenvalue weighted by Gasteiger charge is 2.31. The van der Waals surface area contributed by atoms with Crippen LogP contribution in [0.1, 0.15) is 46.0 Å². The second-order valence-corrected chi connectivity index (χ2v) is 5.37. The Hall–Kier alpha value is -1.26. The Bertz CT molecular complexity index is 320. The van der Waals surface area contributed by atoms with Crippen molar-refractivity contribution in [2.75, 3.05) is 14.2 Å². The van der Waals surface area contributed by atoms with Gasteiger partial charge in [0.15, 0.2) is 0 Å². The molecule has 1 saturated carbocycles. The molecule has 0 radical (unpaired) electrons. The molecular weight excluding hydrogens is 244 g/mol. The summed E-state index contributed by atoms with van der Waals surface area (Å²) in [5.74, 6) is 0.505. The lowest BCUT2D eigenvalue weighted by Crippen LogP contribution is -2.52. The van der Waals surface area contributed by atoms with Gasteiger partial charge >= 0.3 is 6.09 Å². The first-order valence-electron chi connectivity index (χ1n) is 7.12. The van der Waals surface area contributed by atoms with Crippen LogP contribution in [0.4, 0.5) is 4.79 Å². The number of nitrogens with one attached hydrogen (secondary N) is 1. The number of rotatable bonds is 4. The largest absolute Gasteiger partial charge is 0.453 e. The van der Waals surface area contributed by atoms with E-state index >= 15 is 0 Å². The number of hydrogen-bond donors (Lipinski definition) is 1.